The zero-order valence-corrected chi connectivity index (χ0v) is 21.1. The summed E-state index contributed by atoms with van der Waals surface area (Å²) in [7, 11) is 1.48. The summed E-state index contributed by atoms with van der Waals surface area (Å²) >= 11 is 2.05. The molecular weight excluding hydrogens is 539 g/mol. The van der Waals surface area contributed by atoms with E-state index in [2.05, 4.69) is 43.8 Å². The van der Waals surface area contributed by atoms with Gasteiger partial charge in [0.1, 0.15) is 0 Å². The molecule has 0 aliphatic heterocycles. The number of carbonyl (C=O) groups is 3. The van der Waals surface area contributed by atoms with Crippen molar-refractivity contribution < 1.29 is 23.9 Å². The monoisotopic (exact) mass is 566 g/mol. The van der Waals surface area contributed by atoms with Crippen molar-refractivity contribution in [1.82, 2.24) is 10.7 Å². The number of benzene rings is 2. The summed E-state index contributed by atoms with van der Waals surface area (Å²) in [4.78, 5) is 35.8. The molecule has 0 fully saturated rings. The largest absolute Gasteiger partial charge is 0.493 e. The normalized spacial score (nSPS) is 11.5. The Bertz CT molecular complexity index is 1040. The van der Waals surface area contributed by atoms with Crippen molar-refractivity contribution in [2.24, 2.45) is 5.10 Å². The number of halogens is 1. The molecule has 176 valence electrons. The highest BCUT2D eigenvalue weighted by molar-refractivity contribution is 14.1. The lowest BCUT2D eigenvalue weighted by Gasteiger charge is -2.13. The minimum absolute atomic E-state index is 0.107. The number of anilines is 1. The van der Waals surface area contributed by atoms with Gasteiger partial charge in [0.05, 0.1) is 16.9 Å². The highest BCUT2D eigenvalue weighted by Crippen LogP contribution is 2.33. The number of hydrazone groups is 1. The van der Waals surface area contributed by atoms with Crippen molar-refractivity contribution in [3.63, 3.8) is 0 Å². The maximum absolute atomic E-state index is 12.2. The summed E-state index contributed by atoms with van der Waals surface area (Å²) in [6.07, 6.45) is 2.09. The minimum Gasteiger partial charge on any atom is -0.493 e. The van der Waals surface area contributed by atoms with Crippen LogP contribution in [0.2, 0.25) is 0 Å². The Hall–Kier alpha value is -3.15. The van der Waals surface area contributed by atoms with Crippen LogP contribution in [0.1, 0.15) is 31.4 Å². The molecule has 2 rings (SSSR count). The zero-order chi connectivity index (χ0) is 24.4. The number of ether oxygens (including phenoxy) is 2. The average Bonchev–Trinajstić information content (AvgIpc) is 2.77. The summed E-state index contributed by atoms with van der Waals surface area (Å²) in [5.74, 6) is -1.10. The van der Waals surface area contributed by atoms with Crippen LogP contribution >= 0.6 is 22.6 Å². The van der Waals surface area contributed by atoms with Gasteiger partial charge in [-0.15, -0.1) is 0 Å². The van der Waals surface area contributed by atoms with Crippen LogP contribution in [0, 0.1) is 10.5 Å². The molecule has 0 aliphatic rings. The van der Waals surface area contributed by atoms with Crippen molar-refractivity contribution in [3.8, 4) is 11.5 Å². The molecule has 33 heavy (non-hydrogen) atoms. The summed E-state index contributed by atoms with van der Waals surface area (Å²) in [6.45, 7) is 5.45. The van der Waals surface area contributed by atoms with Crippen molar-refractivity contribution in [3.05, 3.63) is 51.1 Å². The molecule has 2 aromatic rings. The highest BCUT2D eigenvalue weighted by Gasteiger charge is 2.15. The van der Waals surface area contributed by atoms with Crippen molar-refractivity contribution in [2.45, 2.75) is 33.2 Å². The van der Waals surface area contributed by atoms with Crippen LogP contribution in [-0.4, -0.2) is 43.7 Å². The molecular formula is C23H27IN4O5. The number of hydrogen-bond acceptors (Lipinski definition) is 6. The molecule has 0 heterocycles. The molecule has 10 heteroatoms. The summed E-state index contributed by atoms with van der Waals surface area (Å²) in [5, 5.41) is 9.16. The van der Waals surface area contributed by atoms with Gasteiger partial charge in [0.2, 0.25) is 0 Å². The van der Waals surface area contributed by atoms with E-state index in [1.165, 1.54) is 13.3 Å². The Morgan fingerprint density at radius 1 is 1.18 bits per heavy atom. The van der Waals surface area contributed by atoms with Crippen molar-refractivity contribution >= 4 is 52.2 Å². The van der Waals surface area contributed by atoms with Crippen LogP contribution in [0.15, 0.2) is 41.5 Å². The SMILES string of the molecule is CC[C@@H](C)NC(=O)C(=O)N/N=C\c1cc(I)c(OCC(=O)Nc2cccc(C)c2)c(OC)c1. The van der Waals surface area contributed by atoms with Crippen LogP contribution in [0.4, 0.5) is 5.69 Å². The third-order valence-electron chi connectivity index (χ3n) is 4.48. The first-order chi connectivity index (χ1) is 15.7. The predicted molar refractivity (Wildman–Crippen MR) is 135 cm³/mol. The smallest absolute Gasteiger partial charge is 0.329 e. The maximum Gasteiger partial charge on any atom is 0.329 e. The number of nitrogens with one attached hydrogen (secondary N) is 3. The molecule has 0 aliphatic carbocycles. The van der Waals surface area contributed by atoms with E-state index in [0.717, 1.165) is 5.56 Å². The first-order valence-electron chi connectivity index (χ1n) is 10.2. The quantitative estimate of drug-likeness (QED) is 0.187. The molecule has 1 atom stereocenters. The second-order valence-corrected chi connectivity index (χ2v) is 8.38. The van der Waals surface area contributed by atoms with Gasteiger partial charge in [0.15, 0.2) is 18.1 Å². The van der Waals surface area contributed by atoms with E-state index in [1.807, 2.05) is 32.0 Å². The molecule has 0 saturated heterocycles. The second-order valence-electron chi connectivity index (χ2n) is 7.22. The van der Waals surface area contributed by atoms with Crippen LogP contribution in [-0.2, 0) is 14.4 Å². The Morgan fingerprint density at radius 2 is 1.94 bits per heavy atom. The van der Waals surface area contributed by atoms with Gasteiger partial charge in [0, 0.05) is 11.7 Å². The molecule has 0 aromatic heterocycles. The lowest BCUT2D eigenvalue weighted by atomic mass is 10.2. The highest BCUT2D eigenvalue weighted by atomic mass is 127. The van der Waals surface area contributed by atoms with Gasteiger partial charge in [-0.25, -0.2) is 5.43 Å². The number of amides is 3. The maximum atomic E-state index is 12.2. The fourth-order valence-corrected chi connectivity index (χ4v) is 3.40. The van der Waals surface area contributed by atoms with Gasteiger partial charge in [-0.05, 0) is 78.3 Å². The van der Waals surface area contributed by atoms with E-state index >= 15 is 0 Å². The van der Waals surface area contributed by atoms with Gasteiger partial charge in [-0.2, -0.15) is 5.10 Å². The summed E-state index contributed by atoms with van der Waals surface area (Å²) < 4.78 is 11.7. The number of nitrogens with zero attached hydrogens (tertiary/aromatic N) is 1. The Morgan fingerprint density at radius 3 is 2.61 bits per heavy atom. The van der Waals surface area contributed by atoms with E-state index in [9.17, 15) is 14.4 Å². The number of aryl methyl sites for hydroxylation is 1. The van der Waals surface area contributed by atoms with Crippen LogP contribution in [0.3, 0.4) is 0 Å². The topological polar surface area (TPSA) is 118 Å². The number of rotatable bonds is 9. The van der Waals surface area contributed by atoms with E-state index in [0.29, 0.717) is 32.7 Å². The van der Waals surface area contributed by atoms with E-state index in [4.69, 9.17) is 9.47 Å². The predicted octanol–water partition coefficient (Wildman–Crippen LogP) is 2.99. The molecule has 0 bridgehead atoms. The van der Waals surface area contributed by atoms with Crippen molar-refractivity contribution in [1.29, 1.82) is 0 Å². The van der Waals surface area contributed by atoms with Gasteiger partial charge in [-0.3, -0.25) is 14.4 Å². The molecule has 9 nitrogen and oxygen atoms in total. The number of hydrogen-bond donors (Lipinski definition) is 3. The molecule has 0 radical (unpaired) electrons. The minimum atomic E-state index is -0.854. The first kappa shape index (κ1) is 26.1. The molecule has 3 N–H and O–H groups in total. The Kier molecular flexibility index (Phi) is 10.1. The van der Waals surface area contributed by atoms with Gasteiger partial charge >= 0.3 is 11.8 Å². The molecule has 3 amide bonds. The third-order valence-corrected chi connectivity index (χ3v) is 5.28. The summed E-state index contributed by atoms with van der Waals surface area (Å²) in [6, 6.07) is 10.7. The Balaban J connectivity index is 1.99. The third kappa shape index (κ3) is 8.37. The van der Waals surface area contributed by atoms with Gasteiger partial charge in [-0.1, -0.05) is 19.1 Å². The summed E-state index contributed by atoms with van der Waals surface area (Å²) in [5.41, 5.74) is 4.53. The van der Waals surface area contributed by atoms with E-state index < -0.39 is 11.8 Å². The molecule has 0 saturated carbocycles. The van der Waals surface area contributed by atoms with Gasteiger partial charge < -0.3 is 20.1 Å². The average molecular weight is 566 g/mol. The lowest BCUT2D eigenvalue weighted by Crippen LogP contribution is -2.41. The van der Waals surface area contributed by atoms with Crippen LogP contribution in [0.5, 0.6) is 11.5 Å². The number of carbonyl (C=O) groups excluding carboxylic acids is 3. The molecule has 2 aromatic carbocycles. The van der Waals surface area contributed by atoms with Gasteiger partial charge in [0.25, 0.3) is 5.91 Å². The number of methoxy groups -OCH3 is 1. The van der Waals surface area contributed by atoms with Crippen LogP contribution in [0.25, 0.3) is 0 Å². The van der Waals surface area contributed by atoms with E-state index in [1.54, 1.807) is 25.1 Å². The fourth-order valence-electron chi connectivity index (χ4n) is 2.62. The first-order valence-corrected chi connectivity index (χ1v) is 11.3. The standard InChI is InChI=1S/C23H27IN4O5/c1-5-15(3)26-22(30)23(31)28-25-12-16-10-18(24)21(19(11-16)32-4)33-13-20(29)27-17-8-6-7-14(2)9-17/h6-12,15H,5,13H2,1-4H3,(H,26,30)(H,27,29)(H,28,31)/b25-12-/t15-/m1/s1. The van der Waals surface area contributed by atoms with Crippen molar-refractivity contribution in [2.75, 3.05) is 19.0 Å². The van der Waals surface area contributed by atoms with Crippen LogP contribution < -0.4 is 25.5 Å². The molecule has 0 unspecified atom stereocenters. The fraction of sp³-hybridized carbons (Fsp3) is 0.304. The lowest BCUT2D eigenvalue weighted by molar-refractivity contribution is -0.139. The zero-order valence-electron chi connectivity index (χ0n) is 18.9. The Labute approximate surface area is 206 Å². The molecule has 0 spiro atoms. The second kappa shape index (κ2) is 12.8. The van der Waals surface area contributed by atoms with E-state index in [-0.39, 0.29) is 18.6 Å².